The first-order chi connectivity index (χ1) is 9.64. The molecule has 2 heteroatoms. The minimum atomic E-state index is 0.390. The predicted octanol–water partition coefficient (Wildman–Crippen LogP) is 6.07. The molecule has 120 valence electrons. The maximum atomic E-state index is 6.24. The SMILES string of the molecule is CCNC(CC(C)CC(C)(C)C)c1cc(C)c(Cl)cc1C. The molecule has 0 aromatic heterocycles. The molecule has 1 N–H and O–H groups in total. The highest BCUT2D eigenvalue weighted by atomic mass is 35.5. The van der Waals surface area contributed by atoms with Gasteiger partial charge in [0.1, 0.15) is 0 Å². The molecule has 1 aromatic rings. The van der Waals surface area contributed by atoms with Gasteiger partial charge >= 0.3 is 0 Å². The first kappa shape index (κ1) is 18.5. The number of hydrogen-bond donors (Lipinski definition) is 1. The molecule has 2 atom stereocenters. The van der Waals surface area contributed by atoms with E-state index in [1.54, 1.807) is 0 Å². The largest absolute Gasteiger partial charge is 0.310 e. The topological polar surface area (TPSA) is 12.0 Å². The summed E-state index contributed by atoms with van der Waals surface area (Å²) in [5.74, 6) is 0.699. The highest BCUT2D eigenvalue weighted by Gasteiger charge is 2.21. The zero-order valence-corrected chi connectivity index (χ0v) is 15.6. The van der Waals surface area contributed by atoms with Crippen molar-refractivity contribution >= 4 is 11.6 Å². The van der Waals surface area contributed by atoms with Crippen molar-refractivity contribution in [1.29, 1.82) is 0 Å². The second-order valence-corrected chi connectivity index (χ2v) is 8.08. The number of benzene rings is 1. The Morgan fingerprint density at radius 3 is 2.29 bits per heavy atom. The Bertz CT molecular complexity index is 459. The lowest BCUT2D eigenvalue weighted by Gasteiger charge is -2.28. The van der Waals surface area contributed by atoms with Crippen LogP contribution in [0.1, 0.15) is 70.2 Å². The van der Waals surface area contributed by atoms with E-state index in [4.69, 9.17) is 11.6 Å². The first-order valence-electron chi connectivity index (χ1n) is 8.14. The van der Waals surface area contributed by atoms with Crippen LogP contribution in [0.2, 0.25) is 5.02 Å². The summed E-state index contributed by atoms with van der Waals surface area (Å²) in [6.07, 6.45) is 2.42. The van der Waals surface area contributed by atoms with E-state index in [1.165, 1.54) is 29.5 Å². The molecule has 1 nitrogen and oxygen atoms in total. The van der Waals surface area contributed by atoms with E-state index in [9.17, 15) is 0 Å². The maximum absolute atomic E-state index is 6.24. The molecule has 2 unspecified atom stereocenters. The summed E-state index contributed by atoms with van der Waals surface area (Å²) in [6, 6.07) is 4.78. The normalized spacial score (nSPS) is 15.0. The molecule has 0 saturated heterocycles. The van der Waals surface area contributed by atoms with Crippen LogP contribution >= 0.6 is 11.6 Å². The average Bonchev–Trinajstić information content (AvgIpc) is 2.31. The zero-order chi connectivity index (χ0) is 16.2. The third kappa shape index (κ3) is 6.00. The van der Waals surface area contributed by atoms with Gasteiger partial charge in [-0.25, -0.2) is 0 Å². The second-order valence-electron chi connectivity index (χ2n) is 7.67. The molecule has 1 aromatic carbocycles. The molecule has 1 rings (SSSR count). The molecular weight excluding hydrogens is 278 g/mol. The standard InChI is InChI=1S/C19H32ClN/c1-8-21-18(9-13(2)12-19(5,6)7)16-10-15(4)17(20)11-14(16)3/h10-11,13,18,21H,8-9,12H2,1-7H3. The Balaban J connectivity index is 2.94. The van der Waals surface area contributed by atoms with Gasteiger partial charge in [-0.1, -0.05) is 52.3 Å². The van der Waals surface area contributed by atoms with Gasteiger partial charge < -0.3 is 5.32 Å². The summed E-state index contributed by atoms with van der Waals surface area (Å²) in [5, 5.41) is 4.53. The fourth-order valence-electron chi connectivity index (χ4n) is 3.28. The minimum Gasteiger partial charge on any atom is -0.310 e. The smallest absolute Gasteiger partial charge is 0.0438 e. The molecule has 0 radical (unpaired) electrons. The van der Waals surface area contributed by atoms with E-state index in [0.717, 1.165) is 11.6 Å². The number of hydrogen-bond acceptors (Lipinski definition) is 1. The van der Waals surface area contributed by atoms with E-state index < -0.39 is 0 Å². The Morgan fingerprint density at radius 1 is 1.14 bits per heavy atom. The van der Waals surface area contributed by atoms with Crippen LogP contribution in [0.5, 0.6) is 0 Å². The Hall–Kier alpha value is -0.530. The third-order valence-corrected chi connectivity index (χ3v) is 4.38. The van der Waals surface area contributed by atoms with E-state index in [2.05, 4.69) is 65.9 Å². The van der Waals surface area contributed by atoms with Crippen molar-refractivity contribution < 1.29 is 0 Å². The Kier molecular flexibility index (Phi) is 6.74. The summed E-state index contributed by atoms with van der Waals surface area (Å²) in [6.45, 7) is 16.8. The molecular formula is C19H32ClN. The monoisotopic (exact) mass is 309 g/mol. The minimum absolute atomic E-state index is 0.390. The van der Waals surface area contributed by atoms with E-state index in [1.807, 2.05) is 0 Å². The molecule has 0 fully saturated rings. The van der Waals surface area contributed by atoms with Gasteiger partial charge in [-0.15, -0.1) is 0 Å². The van der Waals surface area contributed by atoms with Crippen LogP contribution in [-0.4, -0.2) is 6.54 Å². The van der Waals surface area contributed by atoms with Gasteiger partial charge in [-0.2, -0.15) is 0 Å². The molecule has 0 bridgehead atoms. The summed E-state index contributed by atoms with van der Waals surface area (Å²) in [4.78, 5) is 0. The van der Waals surface area contributed by atoms with Gasteiger partial charge in [0.25, 0.3) is 0 Å². The molecule has 0 aliphatic carbocycles. The number of nitrogens with one attached hydrogen (secondary N) is 1. The molecule has 21 heavy (non-hydrogen) atoms. The number of aryl methyl sites for hydroxylation is 2. The summed E-state index contributed by atoms with van der Waals surface area (Å²) >= 11 is 6.24. The van der Waals surface area contributed by atoms with Crippen LogP contribution in [-0.2, 0) is 0 Å². The van der Waals surface area contributed by atoms with Gasteiger partial charge in [0, 0.05) is 11.1 Å². The summed E-state index contributed by atoms with van der Waals surface area (Å²) in [7, 11) is 0. The maximum Gasteiger partial charge on any atom is 0.0438 e. The van der Waals surface area contributed by atoms with Gasteiger partial charge in [0.15, 0.2) is 0 Å². The van der Waals surface area contributed by atoms with Gasteiger partial charge in [-0.05, 0) is 67.3 Å². The van der Waals surface area contributed by atoms with Crippen LogP contribution < -0.4 is 5.32 Å². The van der Waals surface area contributed by atoms with Crippen molar-refractivity contribution in [3.63, 3.8) is 0 Å². The second kappa shape index (κ2) is 7.65. The fourth-order valence-corrected chi connectivity index (χ4v) is 3.49. The number of halogens is 1. The fraction of sp³-hybridized carbons (Fsp3) is 0.684. The Morgan fingerprint density at radius 2 is 1.76 bits per heavy atom. The van der Waals surface area contributed by atoms with E-state index >= 15 is 0 Å². The zero-order valence-electron chi connectivity index (χ0n) is 14.8. The van der Waals surface area contributed by atoms with Crippen LogP contribution in [0.25, 0.3) is 0 Å². The van der Waals surface area contributed by atoms with Crippen LogP contribution in [0.4, 0.5) is 0 Å². The molecule has 0 aliphatic heterocycles. The highest BCUT2D eigenvalue weighted by Crippen LogP contribution is 2.33. The van der Waals surface area contributed by atoms with Gasteiger partial charge in [0.2, 0.25) is 0 Å². The van der Waals surface area contributed by atoms with E-state index in [-0.39, 0.29) is 0 Å². The quantitative estimate of drug-likeness (QED) is 0.672. The van der Waals surface area contributed by atoms with Crippen molar-refractivity contribution in [3.05, 3.63) is 33.8 Å². The lowest BCUT2D eigenvalue weighted by atomic mass is 9.81. The molecule has 0 aliphatic rings. The van der Waals surface area contributed by atoms with Crippen molar-refractivity contribution in [2.45, 2.75) is 67.3 Å². The van der Waals surface area contributed by atoms with E-state index in [0.29, 0.717) is 17.4 Å². The van der Waals surface area contributed by atoms with Crippen LogP contribution in [0.3, 0.4) is 0 Å². The predicted molar refractivity (Wildman–Crippen MR) is 95.2 cm³/mol. The average molecular weight is 310 g/mol. The van der Waals surface area contributed by atoms with Gasteiger partial charge in [-0.3, -0.25) is 0 Å². The van der Waals surface area contributed by atoms with Crippen molar-refractivity contribution in [3.8, 4) is 0 Å². The molecule has 0 heterocycles. The first-order valence-corrected chi connectivity index (χ1v) is 8.52. The summed E-state index contributed by atoms with van der Waals surface area (Å²) in [5.41, 5.74) is 4.25. The third-order valence-electron chi connectivity index (χ3n) is 3.97. The Labute approximate surface area is 136 Å². The highest BCUT2D eigenvalue weighted by molar-refractivity contribution is 6.31. The van der Waals surface area contributed by atoms with Crippen LogP contribution in [0.15, 0.2) is 12.1 Å². The molecule has 0 amide bonds. The lowest BCUT2D eigenvalue weighted by Crippen LogP contribution is -2.25. The van der Waals surface area contributed by atoms with Crippen molar-refractivity contribution in [2.24, 2.45) is 11.3 Å². The van der Waals surface area contributed by atoms with Crippen molar-refractivity contribution in [1.82, 2.24) is 5.32 Å². The number of rotatable bonds is 6. The van der Waals surface area contributed by atoms with Crippen molar-refractivity contribution in [2.75, 3.05) is 6.54 Å². The molecule has 0 spiro atoms. The summed E-state index contributed by atoms with van der Waals surface area (Å²) < 4.78 is 0. The van der Waals surface area contributed by atoms with Crippen LogP contribution in [0, 0.1) is 25.2 Å². The molecule has 0 saturated carbocycles. The van der Waals surface area contributed by atoms with Gasteiger partial charge in [0.05, 0.1) is 0 Å². The lowest BCUT2D eigenvalue weighted by molar-refractivity contribution is 0.276.